The van der Waals surface area contributed by atoms with Gasteiger partial charge in [-0.05, 0) is 67.1 Å². The molecular formula is C26H32FNO9. The Kier molecular flexibility index (Phi) is 12.9. The number of hydrogen-bond acceptors (Lipinski definition) is 7. The zero-order valence-corrected chi connectivity index (χ0v) is 20.5. The summed E-state index contributed by atoms with van der Waals surface area (Å²) >= 11 is 0. The minimum absolute atomic E-state index is 0.179. The van der Waals surface area contributed by atoms with Crippen molar-refractivity contribution < 1.29 is 48.7 Å². The average Bonchev–Trinajstić information content (AvgIpc) is 2.79. The van der Waals surface area contributed by atoms with Crippen LogP contribution in [0, 0.1) is 5.82 Å². The van der Waals surface area contributed by atoms with Crippen LogP contribution in [-0.2, 0) is 43.2 Å². The van der Waals surface area contributed by atoms with Crippen LogP contribution in [0.5, 0.6) is 0 Å². The number of rotatable bonds is 13. The molecule has 37 heavy (non-hydrogen) atoms. The first-order valence-electron chi connectivity index (χ1n) is 11.5. The monoisotopic (exact) mass is 521 g/mol. The zero-order chi connectivity index (χ0) is 28.0. The minimum atomic E-state index is -2.74. The molecule has 0 heterocycles. The quantitative estimate of drug-likeness (QED) is 0.245. The van der Waals surface area contributed by atoms with E-state index in [4.69, 9.17) is 30.9 Å². The molecule has 0 spiro atoms. The first kappa shape index (κ1) is 31.2. The molecule has 10 nitrogen and oxygen atoms in total. The molecule has 202 valence electrons. The molecule has 0 aliphatic heterocycles. The Morgan fingerprint density at radius 1 is 0.865 bits per heavy atom. The number of carboxylic acid groups (broad SMARTS) is 3. The molecule has 2 aromatic carbocycles. The van der Waals surface area contributed by atoms with Gasteiger partial charge < -0.3 is 30.9 Å². The van der Waals surface area contributed by atoms with Crippen LogP contribution in [0.15, 0.2) is 42.5 Å². The van der Waals surface area contributed by atoms with Crippen molar-refractivity contribution in [1.82, 2.24) is 0 Å². The molecule has 0 aromatic heterocycles. The standard InChI is InChI=1S/C20H24FNO2.C6H8O7/c1-2-24-20(23)8-5-16-12-17(9-10-22)14-18(13-16)11-15-3-6-19(21)7-4-15;7-3(8)1-6(13,5(11)12)2-4(9)10/h3-4,6-7,12-14H,2,5,8-11,22H2,1H3;13H,1-2H2,(H,7,8)(H,9,10)(H,11,12). The second-order valence-corrected chi connectivity index (χ2v) is 8.28. The number of hydrogen-bond donors (Lipinski definition) is 5. The molecule has 0 saturated carbocycles. The van der Waals surface area contributed by atoms with E-state index in [2.05, 4.69) is 18.2 Å². The number of carbonyl (C=O) groups is 4. The minimum Gasteiger partial charge on any atom is -0.481 e. The van der Waals surface area contributed by atoms with Crippen molar-refractivity contribution in [1.29, 1.82) is 0 Å². The number of aliphatic carboxylic acids is 3. The van der Waals surface area contributed by atoms with Gasteiger partial charge in [-0.25, -0.2) is 9.18 Å². The van der Waals surface area contributed by atoms with E-state index in [9.17, 15) is 23.6 Å². The maximum atomic E-state index is 13.0. The SMILES string of the molecule is CCOC(=O)CCc1cc(CCN)cc(Cc2ccc(F)cc2)c1.O=C(O)CC(O)(CC(=O)O)C(=O)O. The summed E-state index contributed by atoms with van der Waals surface area (Å²) in [5, 5.41) is 33.8. The Morgan fingerprint density at radius 3 is 1.84 bits per heavy atom. The van der Waals surface area contributed by atoms with Gasteiger partial charge in [0.2, 0.25) is 0 Å². The van der Waals surface area contributed by atoms with E-state index in [0.29, 0.717) is 26.0 Å². The average molecular weight is 522 g/mol. The number of nitrogens with two attached hydrogens (primary N) is 1. The molecule has 0 aliphatic rings. The van der Waals surface area contributed by atoms with Gasteiger partial charge in [0, 0.05) is 6.42 Å². The zero-order valence-electron chi connectivity index (χ0n) is 20.5. The Labute approximate surface area is 213 Å². The topological polar surface area (TPSA) is 184 Å². The van der Waals surface area contributed by atoms with Crippen LogP contribution in [0.1, 0.15) is 48.4 Å². The van der Waals surface area contributed by atoms with Crippen LogP contribution in [-0.4, -0.2) is 63.1 Å². The van der Waals surface area contributed by atoms with Crippen molar-refractivity contribution in [2.75, 3.05) is 13.2 Å². The molecule has 0 bridgehead atoms. The maximum Gasteiger partial charge on any atom is 0.336 e. The summed E-state index contributed by atoms with van der Waals surface area (Å²) in [7, 11) is 0. The molecule has 0 unspecified atom stereocenters. The molecule has 0 amide bonds. The van der Waals surface area contributed by atoms with Crippen LogP contribution in [0.25, 0.3) is 0 Å². The third-order valence-corrected chi connectivity index (χ3v) is 5.08. The molecule has 0 radical (unpaired) electrons. The van der Waals surface area contributed by atoms with Gasteiger partial charge >= 0.3 is 23.9 Å². The lowest BCUT2D eigenvalue weighted by atomic mass is 9.96. The number of carbonyl (C=O) groups excluding carboxylic acids is 1. The highest BCUT2D eigenvalue weighted by molar-refractivity contribution is 5.88. The fraction of sp³-hybridized carbons (Fsp3) is 0.385. The van der Waals surface area contributed by atoms with Gasteiger partial charge in [-0.1, -0.05) is 30.3 Å². The Bertz CT molecular complexity index is 1050. The van der Waals surface area contributed by atoms with E-state index in [1.165, 1.54) is 12.1 Å². The molecule has 0 saturated heterocycles. The second kappa shape index (κ2) is 15.3. The lowest BCUT2D eigenvalue weighted by Crippen LogP contribution is -2.42. The summed E-state index contributed by atoms with van der Waals surface area (Å²) in [6.07, 6.45) is 0.252. The molecule has 0 atom stereocenters. The third kappa shape index (κ3) is 12.1. The van der Waals surface area contributed by atoms with Crippen LogP contribution in [0.4, 0.5) is 4.39 Å². The van der Waals surface area contributed by atoms with E-state index in [1.807, 2.05) is 0 Å². The summed E-state index contributed by atoms with van der Waals surface area (Å²) in [4.78, 5) is 42.0. The van der Waals surface area contributed by atoms with E-state index in [0.717, 1.165) is 35.1 Å². The van der Waals surface area contributed by atoms with Crippen LogP contribution >= 0.6 is 0 Å². The lowest BCUT2D eigenvalue weighted by molar-refractivity contribution is -0.170. The van der Waals surface area contributed by atoms with Crippen LogP contribution in [0.2, 0.25) is 0 Å². The molecule has 2 aromatic rings. The molecule has 6 N–H and O–H groups in total. The number of aryl methyl sites for hydroxylation is 1. The van der Waals surface area contributed by atoms with Gasteiger partial charge in [-0.2, -0.15) is 0 Å². The van der Waals surface area contributed by atoms with Crippen molar-refractivity contribution in [3.63, 3.8) is 0 Å². The highest BCUT2D eigenvalue weighted by atomic mass is 19.1. The van der Waals surface area contributed by atoms with Crippen LogP contribution < -0.4 is 5.73 Å². The second-order valence-electron chi connectivity index (χ2n) is 8.28. The third-order valence-electron chi connectivity index (χ3n) is 5.08. The van der Waals surface area contributed by atoms with Gasteiger partial charge in [0.1, 0.15) is 5.82 Å². The first-order chi connectivity index (χ1) is 17.4. The number of halogens is 1. The number of aliphatic hydroxyl groups is 1. The van der Waals surface area contributed by atoms with Gasteiger partial charge in [-0.3, -0.25) is 14.4 Å². The van der Waals surface area contributed by atoms with Gasteiger partial charge in [0.05, 0.1) is 19.4 Å². The summed E-state index contributed by atoms with van der Waals surface area (Å²) in [5.41, 5.74) is 7.40. The van der Waals surface area contributed by atoms with Crippen molar-refractivity contribution in [2.45, 2.75) is 51.0 Å². The number of ether oxygens (including phenoxy) is 1. The first-order valence-corrected chi connectivity index (χ1v) is 11.5. The summed E-state index contributed by atoms with van der Waals surface area (Å²) in [6, 6.07) is 12.9. The van der Waals surface area contributed by atoms with Gasteiger partial charge in [0.25, 0.3) is 0 Å². The smallest absolute Gasteiger partial charge is 0.336 e. The fourth-order valence-corrected chi connectivity index (χ4v) is 3.43. The molecule has 0 aliphatic carbocycles. The maximum absolute atomic E-state index is 13.0. The van der Waals surface area contributed by atoms with Crippen LogP contribution in [0.3, 0.4) is 0 Å². The Balaban J connectivity index is 0.000000448. The predicted octanol–water partition coefficient (Wildman–Crippen LogP) is 2.16. The van der Waals surface area contributed by atoms with Crippen molar-refractivity contribution in [2.24, 2.45) is 5.73 Å². The molecule has 11 heteroatoms. The largest absolute Gasteiger partial charge is 0.481 e. The highest BCUT2D eigenvalue weighted by Gasteiger charge is 2.40. The Morgan fingerprint density at radius 2 is 1.38 bits per heavy atom. The van der Waals surface area contributed by atoms with Crippen molar-refractivity contribution >= 4 is 23.9 Å². The lowest BCUT2D eigenvalue weighted by Gasteiger charge is -2.18. The van der Waals surface area contributed by atoms with Crippen molar-refractivity contribution in [3.05, 3.63) is 70.5 Å². The molecule has 2 rings (SSSR count). The van der Waals surface area contributed by atoms with E-state index >= 15 is 0 Å². The summed E-state index contributed by atoms with van der Waals surface area (Å²) in [6.45, 7) is 2.79. The fourth-order valence-electron chi connectivity index (χ4n) is 3.43. The highest BCUT2D eigenvalue weighted by Crippen LogP contribution is 2.18. The van der Waals surface area contributed by atoms with Gasteiger partial charge in [-0.15, -0.1) is 0 Å². The summed E-state index contributed by atoms with van der Waals surface area (Å²) in [5.74, 6) is -5.43. The number of carboxylic acids is 3. The van der Waals surface area contributed by atoms with E-state index in [-0.39, 0.29) is 11.8 Å². The molecule has 0 fully saturated rings. The summed E-state index contributed by atoms with van der Waals surface area (Å²) < 4.78 is 18.0. The number of esters is 1. The van der Waals surface area contributed by atoms with Crippen molar-refractivity contribution in [3.8, 4) is 0 Å². The van der Waals surface area contributed by atoms with E-state index in [1.54, 1.807) is 19.1 Å². The van der Waals surface area contributed by atoms with E-state index < -0.39 is 36.4 Å². The number of benzene rings is 2. The normalized spacial score (nSPS) is 10.7. The Hall–Kier alpha value is -3.83. The predicted molar refractivity (Wildman–Crippen MR) is 130 cm³/mol. The van der Waals surface area contributed by atoms with Gasteiger partial charge in [0.15, 0.2) is 5.60 Å². The molecular weight excluding hydrogens is 489 g/mol.